The predicted octanol–water partition coefficient (Wildman–Crippen LogP) is 1.39. The number of hydrogen-bond donors (Lipinski definition) is 2. The molecule has 0 aliphatic carbocycles. The molecule has 0 spiro atoms. The molecule has 0 unspecified atom stereocenters. The molecule has 1 aliphatic heterocycles. The Hall–Kier alpha value is -1.69. The SMILES string of the molecule is Nc1cc(C(=O)N2CCC(CO)CC2)c(F)cc1F. The lowest BCUT2D eigenvalue weighted by Crippen LogP contribution is -2.39. The van der Waals surface area contributed by atoms with Crippen molar-refractivity contribution in [1.29, 1.82) is 0 Å². The van der Waals surface area contributed by atoms with Crippen LogP contribution in [0.15, 0.2) is 12.1 Å². The highest BCUT2D eigenvalue weighted by Crippen LogP contribution is 2.22. The van der Waals surface area contributed by atoms with Gasteiger partial charge in [-0.2, -0.15) is 0 Å². The van der Waals surface area contributed by atoms with Crippen LogP contribution in [-0.4, -0.2) is 35.6 Å². The zero-order chi connectivity index (χ0) is 14.0. The molecule has 1 heterocycles. The Morgan fingerprint density at radius 2 is 1.95 bits per heavy atom. The van der Waals surface area contributed by atoms with E-state index in [9.17, 15) is 13.6 Å². The smallest absolute Gasteiger partial charge is 0.256 e. The molecule has 2 rings (SSSR count). The molecule has 1 saturated heterocycles. The Balaban J connectivity index is 2.14. The quantitative estimate of drug-likeness (QED) is 0.798. The minimum Gasteiger partial charge on any atom is -0.396 e. The van der Waals surface area contributed by atoms with Crippen molar-refractivity contribution in [2.75, 3.05) is 25.4 Å². The maximum Gasteiger partial charge on any atom is 0.256 e. The van der Waals surface area contributed by atoms with Gasteiger partial charge in [0.25, 0.3) is 5.91 Å². The molecular formula is C13H16F2N2O2. The maximum atomic E-state index is 13.6. The van der Waals surface area contributed by atoms with E-state index in [1.54, 1.807) is 0 Å². The van der Waals surface area contributed by atoms with Crippen LogP contribution in [-0.2, 0) is 0 Å². The number of carbonyl (C=O) groups excluding carboxylic acids is 1. The first kappa shape index (κ1) is 13.7. The van der Waals surface area contributed by atoms with E-state index in [1.165, 1.54) is 4.90 Å². The van der Waals surface area contributed by atoms with Gasteiger partial charge >= 0.3 is 0 Å². The normalized spacial score (nSPS) is 16.7. The Bertz CT molecular complexity index is 486. The summed E-state index contributed by atoms with van der Waals surface area (Å²) < 4.78 is 26.6. The molecule has 1 aliphatic rings. The third-order valence-corrected chi connectivity index (χ3v) is 3.48. The molecule has 104 valence electrons. The van der Waals surface area contributed by atoms with Gasteiger partial charge in [-0.15, -0.1) is 0 Å². The lowest BCUT2D eigenvalue weighted by molar-refractivity contribution is 0.0646. The number of rotatable bonds is 2. The molecule has 0 bridgehead atoms. The van der Waals surface area contributed by atoms with E-state index < -0.39 is 17.5 Å². The number of nitrogens with two attached hydrogens (primary N) is 1. The van der Waals surface area contributed by atoms with Gasteiger partial charge in [-0.25, -0.2) is 8.78 Å². The predicted molar refractivity (Wildman–Crippen MR) is 66.5 cm³/mol. The van der Waals surface area contributed by atoms with E-state index in [0.29, 0.717) is 32.0 Å². The highest BCUT2D eigenvalue weighted by Gasteiger charge is 2.25. The summed E-state index contributed by atoms with van der Waals surface area (Å²) in [5.41, 5.74) is 4.91. The minimum atomic E-state index is -0.902. The Kier molecular flexibility index (Phi) is 3.99. The van der Waals surface area contributed by atoms with E-state index in [1.807, 2.05) is 0 Å². The second-order valence-corrected chi connectivity index (χ2v) is 4.77. The first-order valence-electron chi connectivity index (χ1n) is 6.17. The van der Waals surface area contributed by atoms with Crippen molar-refractivity contribution in [2.24, 2.45) is 5.92 Å². The zero-order valence-corrected chi connectivity index (χ0v) is 10.4. The number of hydrogen-bond acceptors (Lipinski definition) is 3. The lowest BCUT2D eigenvalue weighted by atomic mass is 9.97. The monoisotopic (exact) mass is 270 g/mol. The number of benzene rings is 1. The number of amides is 1. The van der Waals surface area contributed by atoms with Crippen molar-refractivity contribution < 1.29 is 18.7 Å². The van der Waals surface area contributed by atoms with E-state index in [4.69, 9.17) is 10.8 Å². The Morgan fingerprint density at radius 3 is 2.53 bits per heavy atom. The average Bonchev–Trinajstić information content (AvgIpc) is 2.42. The van der Waals surface area contributed by atoms with E-state index in [-0.39, 0.29) is 23.8 Å². The number of aliphatic hydroxyl groups is 1. The van der Waals surface area contributed by atoms with Crippen molar-refractivity contribution in [1.82, 2.24) is 4.90 Å². The van der Waals surface area contributed by atoms with Crippen LogP contribution in [0.25, 0.3) is 0 Å². The van der Waals surface area contributed by atoms with Gasteiger partial charge in [0.1, 0.15) is 11.6 Å². The third kappa shape index (κ3) is 2.84. The summed E-state index contributed by atoms with van der Waals surface area (Å²) in [7, 11) is 0. The number of halogens is 2. The largest absolute Gasteiger partial charge is 0.396 e. The Morgan fingerprint density at radius 1 is 1.32 bits per heavy atom. The van der Waals surface area contributed by atoms with Gasteiger partial charge in [-0.05, 0) is 24.8 Å². The number of nitrogens with zero attached hydrogens (tertiary/aromatic N) is 1. The summed E-state index contributed by atoms with van der Waals surface area (Å²) >= 11 is 0. The molecule has 1 amide bonds. The van der Waals surface area contributed by atoms with Gasteiger partial charge in [0.05, 0.1) is 11.3 Å². The summed E-state index contributed by atoms with van der Waals surface area (Å²) in [6.07, 6.45) is 1.36. The van der Waals surface area contributed by atoms with Crippen molar-refractivity contribution in [3.8, 4) is 0 Å². The number of carbonyl (C=O) groups is 1. The molecule has 6 heteroatoms. The molecule has 0 saturated carbocycles. The van der Waals surface area contributed by atoms with Crippen LogP contribution in [0.1, 0.15) is 23.2 Å². The lowest BCUT2D eigenvalue weighted by Gasteiger charge is -2.31. The van der Waals surface area contributed by atoms with Crippen molar-refractivity contribution in [2.45, 2.75) is 12.8 Å². The first-order valence-corrected chi connectivity index (χ1v) is 6.17. The number of piperidine rings is 1. The molecule has 1 aromatic rings. The molecule has 4 nitrogen and oxygen atoms in total. The van der Waals surface area contributed by atoms with E-state index in [2.05, 4.69) is 0 Å². The van der Waals surface area contributed by atoms with Crippen LogP contribution >= 0.6 is 0 Å². The Labute approximate surface area is 109 Å². The fourth-order valence-electron chi connectivity index (χ4n) is 2.22. The van der Waals surface area contributed by atoms with Crippen LogP contribution in [0.2, 0.25) is 0 Å². The second-order valence-electron chi connectivity index (χ2n) is 4.77. The summed E-state index contributed by atoms with van der Waals surface area (Å²) in [4.78, 5) is 13.6. The van der Waals surface area contributed by atoms with Crippen molar-refractivity contribution in [3.05, 3.63) is 29.3 Å². The summed E-state index contributed by atoms with van der Waals surface area (Å²) in [6.45, 7) is 1.02. The van der Waals surface area contributed by atoms with E-state index in [0.717, 1.165) is 6.07 Å². The van der Waals surface area contributed by atoms with Crippen LogP contribution < -0.4 is 5.73 Å². The average molecular weight is 270 g/mol. The van der Waals surface area contributed by atoms with Gasteiger partial charge in [-0.1, -0.05) is 0 Å². The molecule has 0 radical (unpaired) electrons. The fourth-order valence-corrected chi connectivity index (χ4v) is 2.22. The van der Waals surface area contributed by atoms with Crippen molar-refractivity contribution >= 4 is 11.6 Å². The molecule has 0 aromatic heterocycles. The number of anilines is 1. The molecule has 3 N–H and O–H groups in total. The standard InChI is InChI=1S/C13H16F2N2O2/c14-10-6-11(15)12(16)5-9(10)13(19)17-3-1-8(7-18)2-4-17/h5-6,8,18H,1-4,7,16H2. The zero-order valence-electron chi connectivity index (χ0n) is 10.4. The third-order valence-electron chi connectivity index (χ3n) is 3.48. The summed E-state index contributed by atoms with van der Waals surface area (Å²) in [6, 6.07) is 1.66. The van der Waals surface area contributed by atoms with Crippen LogP contribution in [0.4, 0.5) is 14.5 Å². The topological polar surface area (TPSA) is 66.6 Å². The number of likely N-dealkylation sites (tertiary alicyclic amines) is 1. The molecule has 1 fully saturated rings. The molecular weight excluding hydrogens is 254 g/mol. The van der Waals surface area contributed by atoms with Gasteiger partial charge in [0.2, 0.25) is 0 Å². The second kappa shape index (κ2) is 5.52. The minimum absolute atomic E-state index is 0.0971. The highest BCUT2D eigenvalue weighted by molar-refractivity contribution is 5.95. The molecule has 19 heavy (non-hydrogen) atoms. The van der Waals surface area contributed by atoms with E-state index >= 15 is 0 Å². The summed E-state index contributed by atoms with van der Waals surface area (Å²) in [5.74, 6) is -2.07. The fraction of sp³-hybridized carbons (Fsp3) is 0.462. The van der Waals surface area contributed by atoms with Crippen LogP contribution in [0, 0.1) is 17.6 Å². The number of nitrogen functional groups attached to an aromatic ring is 1. The van der Waals surface area contributed by atoms with Crippen LogP contribution in [0.3, 0.4) is 0 Å². The van der Waals surface area contributed by atoms with Gasteiger partial charge in [0, 0.05) is 25.8 Å². The van der Waals surface area contributed by atoms with Crippen molar-refractivity contribution in [3.63, 3.8) is 0 Å². The van der Waals surface area contributed by atoms with Gasteiger partial charge in [0.15, 0.2) is 0 Å². The highest BCUT2D eigenvalue weighted by atomic mass is 19.1. The first-order chi connectivity index (χ1) is 9.02. The molecule has 1 aromatic carbocycles. The maximum absolute atomic E-state index is 13.6. The number of aliphatic hydroxyl groups excluding tert-OH is 1. The molecule has 0 atom stereocenters. The van der Waals surface area contributed by atoms with Crippen LogP contribution in [0.5, 0.6) is 0 Å². The summed E-state index contributed by atoms with van der Waals surface area (Å²) in [5, 5.41) is 9.02. The van der Waals surface area contributed by atoms with Gasteiger partial charge in [-0.3, -0.25) is 4.79 Å². The van der Waals surface area contributed by atoms with Gasteiger partial charge < -0.3 is 15.7 Å².